The molecule has 10 heteroatoms. The van der Waals surface area contributed by atoms with Gasteiger partial charge in [0, 0.05) is 17.3 Å². The van der Waals surface area contributed by atoms with Gasteiger partial charge in [-0.05, 0) is 29.2 Å². The first-order valence-electron chi connectivity index (χ1n) is 11.5. The fraction of sp³-hybridized carbons (Fsp3) is 0.185. The third-order valence-electron chi connectivity index (χ3n) is 5.52. The predicted octanol–water partition coefficient (Wildman–Crippen LogP) is 5.38. The van der Waals surface area contributed by atoms with Gasteiger partial charge in [0.05, 0.1) is 22.5 Å². The van der Waals surface area contributed by atoms with Gasteiger partial charge in [-0.2, -0.15) is 5.10 Å². The summed E-state index contributed by atoms with van der Waals surface area (Å²) >= 11 is 1.22. The number of nitro benzene ring substituents is 1. The number of thioether (sulfide) groups is 1. The molecular formula is C27H26N6O3S. The van der Waals surface area contributed by atoms with E-state index in [0.717, 1.165) is 11.3 Å². The molecule has 0 bridgehead atoms. The molecule has 0 fully saturated rings. The Balaban J connectivity index is 1.51. The molecule has 9 nitrogen and oxygen atoms in total. The molecule has 0 radical (unpaired) electrons. The van der Waals surface area contributed by atoms with Crippen LogP contribution in [0.4, 0.5) is 5.69 Å². The smallest absolute Gasteiger partial charge is 0.272 e. The maximum absolute atomic E-state index is 12.4. The highest BCUT2D eigenvalue weighted by atomic mass is 32.2. The number of carbonyl (C=O) groups excluding carboxylic acids is 1. The molecule has 3 aromatic carbocycles. The van der Waals surface area contributed by atoms with Crippen LogP contribution in [-0.4, -0.2) is 37.6 Å². The molecule has 0 aliphatic rings. The number of aromatic nitrogens is 3. The van der Waals surface area contributed by atoms with Gasteiger partial charge in [-0.3, -0.25) is 19.5 Å². The fourth-order valence-corrected chi connectivity index (χ4v) is 4.32. The summed E-state index contributed by atoms with van der Waals surface area (Å²) in [4.78, 5) is 23.1. The Morgan fingerprint density at radius 2 is 1.70 bits per heavy atom. The van der Waals surface area contributed by atoms with E-state index in [1.54, 1.807) is 18.2 Å². The zero-order valence-electron chi connectivity index (χ0n) is 20.7. The molecule has 1 aromatic heterocycles. The lowest BCUT2D eigenvalue weighted by Gasteiger charge is -2.19. The number of amides is 1. The maximum atomic E-state index is 12.4. The van der Waals surface area contributed by atoms with E-state index in [-0.39, 0.29) is 22.8 Å². The highest BCUT2D eigenvalue weighted by Crippen LogP contribution is 2.30. The summed E-state index contributed by atoms with van der Waals surface area (Å²) in [6, 6.07) is 24.1. The molecular weight excluding hydrogens is 488 g/mol. The topological polar surface area (TPSA) is 115 Å². The van der Waals surface area contributed by atoms with Gasteiger partial charge in [0.1, 0.15) is 0 Å². The van der Waals surface area contributed by atoms with Crippen molar-refractivity contribution < 1.29 is 9.72 Å². The van der Waals surface area contributed by atoms with E-state index in [1.165, 1.54) is 29.6 Å². The van der Waals surface area contributed by atoms with Gasteiger partial charge in [0.2, 0.25) is 0 Å². The summed E-state index contributed by atoms with van der Waals surface area (Å²) < 4.78 is 1.92. The van der Waals surface area contributed by atoms with Crippen LogP contribution in [0.1, 0.15) is 31.9 Å². The highest BCUT2D eigenvalue weighted by molar-refractivity contribution is 7.99. The monoisotopic (exact) mass is 514 g/mol. The fourth-order valence-electron chi connectivity index (χ4n) is 3.58. The van der Waals surface area contributed by atoms with Crippen LogP contribution < -0.4 is 5.43 Å². The number of hydrogen-bond acceptors (Lipinski definition) is 7. The standard InChI is InChI=1S/C27H26N6O3S/c1-27(2,3)21-15-13-19(14-16-21)25-30-31-26(32(25)22-10-5-4-6-11-22)37-18-24(34)29-28-17-20-9-7-8-12-23(20)33(35)36/h4-17H,18H2,1-3H3,(H,29,34)/b28-17-. The summed E-state index contributed by atoms with van der Waals surface area (Å²) in [7, 11) is 0. The van der Waals surface area contributed by atoms with Gasteiger partial charge in [0.15, 0.2) is 11.0 Å². The van der Waals surface area contributed by atoms with E-state index in [2.05, 4.69) is 53.6 Å². The summed E-state index contributed by atoms with van der Waals surface area (Å²) in [5.41, 5.74) is 5.66. The van der Waals surface area contributed by atoms with Crippen molar-refractivity contribution in [3.8, 4) is 17.1 Å². The molecule has 1 heterocycles. The molecule has 0 atom stereocenters. The van der Waals surface area contributed by atoms with E-state index >= 15 is 0 Å². The van der Waals surface area contributed by atoms with Crippen LogP contribution in [0.3, 0.4) is 0 Å². The molecule has 1 N–H and O–H groups in total. The van der Waals surface area contributed by atoms with Crippen molar-refractivity contribution in [2.75, 3.05) is 5.75 Å². The van der Waals surface area contributed by atoms with E-state index in [1.807, 2.05) is 47.0 Å². The van der Waals surface area contributed by atoms with Crippen LogP contribution in [0.25, 0.3) is 17.1 Å². The first-order chi connectivity index (χ1) is 17.7. The van der Waals surface area contributed by atoms with E-state index in [0.29, 0.717) is 16.5 Å². The molecule has 0 unspecified atom stereocenters. The Kier molecular flexibility index (Phi) is 7.78. The third kappa shape index (κ3) is 6.28. The number of hydrazone groups is 1. The second kappa shape index (κ2) is 11.2. The van der Waals surface area contributed by atoms with Crippen LogP contribution in [0.15, 0.2) is 89.1 Å². The Hall–Kier alpha value is -4.31. The zero-order valence-corrected chi connectivity index (χ0v) is 21.5. The van der Waals surface area contributed by atoms with Crippen LogP contribution in [0.5, 0.6) is 0 Å². The third-order valence-corrected chi connectivity index (χ3v) is 6.44. The second-order valence-corrected chi connectivity index (χ2v) is 10.1. The quantitative estimate of drug-likeness (QED) is 0.146. The Morgan fingerprint density at radius 3 is 2.38 bits per heavy atom. The van der Waals surface area contributed by atoms with Crippen molar-refractivity contribution >= 4 is 29.6 Å². The van der Waals surface area contributed by atoms with Gasteiger partial charge in [-0.1, -0.05) is 87.1 Å². The van der Waals surface area contributed by atoms with Crippen LogP contribution >= 0.6 is 11.8 Å². The normalized spacial score (nSPS) is 11.5. The SMILES string of the molecule is CC(C)(C)c1ccc(-c2nnc(SCC(=O)N/N=C\c3ccccc3[N+](=O)[O-])n2-c2ccccc2)cc1. The number of carbonyl (C=O) groups is 1. The number of para-hydroxylation sites is 2. The maximum Gasteiger partial charge on any atom is 0.278 e. The van der Waals surface area contributed by atoms with Gasteiger partial charge in [-0.25, -0.2) is 5.43 Å². The van der Waals surface area contributed by atoms with Crippen molar-refractivity contribution in [3.05, 3.63) is 100 Å². The molecule has 1 amide bonds. The van der Waals surface area contributed by atoms with Gasteiger partial charge in [-0.15, -0.1) is 10.2 Å². The molecule has 0 spiro atoms. The minimum Gasteiger partial charge on any atom is -0.272 e. The molecule has 0 aliphatic heterocycles. The number of benzene rings is 3. The van der Waals surface area contributed by atoms with Crippen molar-refractivity contribution in [2.24, 2.45) is 5.10 Å². The average Bonchev–Trinajstić information content (AvgIpc) is 3.32. The lowest BCUT2D eigenvalue weighted by molar-refractivity contribution is -0.385. The molecule has 0 aliphatic carbocycles. The molecule has 188 valence electrons. The summed E-state index contributed by atoms with van der Waals surface area (Å²) in [5.74, 6) is 0.324. The number of nitro groups is 1. The van der Waals surface area contributed by atoms with Crippen molar-refractivity contribution in [1.29, 1.82) is 0 Å². The number of rotatable bonds is 8. The lowest BCUT2D eigenvalue weighted by atomic mass is 9.87. The molecule has 4 rings (SSSR count). The second-order valence-electron chi connectivity index (χ2n) is 9.20. The van der Waals surface area contributed by atoms with E-state index in [9.17, 15) is 14.9 Å². The minimum atomic E-state index is -0.496. The predicted molar refractivity (Wildman–Crippen MR) is 145 cm³/mol. The highest BCUT2D eigenvalue weighted by Gasteiger charge is 2.19. The Labute approximate surface area is 218 Å². The first-order valence-corrected chi connectivity index (χ1v) is 12.5. The lowest BCUT2D eigenvalue weighted by Crippen LogP contribution is -2.20. The van der Waals surface area contributed by atoms with Gasteiger partial charge in [0.25, 0.3) is 11.6 Å². The van der Waals surface area contributed by atoms with Crippen LogP contribution in [-0.2, 0) is 10.2 Å². The minimum absolute atomic E-state index is 0.0299. The van der Waals surface area contributed by atoms with Crippen molar-refractivity contribution in [1.82, 2.24) is 20.2 Å². The average molecular weight is 515 g/mol. The molecule has 0 saturated heterocycles. The molecule has 37 heavy (non-hydrogen) atoms. The number of hydrogen-bond donors (Lipinski definition) is 1. The number of nitrogens with zero attached hydrogens (tertiary/aromatic N) is 5. The Bertz CT molecular complexity index is 1430. The molecule has 0 saturated carbocycles. The van der Waals surface area contributed by atoms with Gasteiger partial charge < -0.3 is 0 Å². The van der Waals surface area contributed by atoms with E-state index in [4.69, 9.17) is 0 Å². The van der Waals surface area contributed by atoms with Crippen LogP contribution in [0, 0.1) is 10.1 Å². The van der Waals surface area contributed by atoms with Gasteiger partial charge >= 0.3 is 0 Å². The van der Waals surface area contributed by atoms with E-state index < -0.39 is 4.92 Å². The largest absolute Gasteiger partial charge is 0.278 e. The molecule has 4 aromatic rings. The van der Waals surface area contributed by atoms with Crippen molar-refractivity contribution in [2.45, 2.75) is 31.3 Å². The van der Waals surface area contributed by atoms with Crippen molar-refractivity contribution in [3.63, 3.8) is 0 Å². The first kappa shape index (κ1) is 25.8. The zero-order chi connectivity index (χ0) is 26.4. The Morgan fingerprint density at radius 1 is 1.03 bits per heavy atom. The summed E-state index contributed by atoms with van der Waals surface area (Å²) in [6.07, 6.45) is 1.26. The number of nitrogens with one attached hydrogen (secondary N) is 1. The summed E-state index contributed by atoms with van der Waals surface area (Å²) in [6.45, 7) is 6.50. The van der Waals surface area contributed by atoms with Crippen LogP contribution in [0.2, 0.25) is 0 Å². The summed E-state index contributed by atoms with van der Waals surface area (Å²) in [5, 5.41) is 24.3.